The molecule has 1 fully saturated rings. The maximum absolute atomic E-state index is 14.8. The number of aromatic amines is 1. The first-order valence-corrected chi connectivity index (χ1v) is 29.1. The number of para-hydroxylation sites is 1. The van der Waals surface area contributed by atoms with Crippen molar-refractivity contribution in [3.8, 4) is 0 Å². The molecule has 0 radical (unpaired) electrons. The van der Waals surface area contributed by atoms with Gasteiger partial charge in [-0.15, -0.1) is 0 Å². The molecule has 11 unspecified atom stereocenters. The standard InChI is InChI=1S/C59H98N12O10/c1-18-19-24-59(17,60)48-58(81)65-41(26-30(4)5)51(74)67-46(34(12)13)56(79)70-43(31(6)7)53(76)63-40(25-29(2)3)50(73)62-36(16)49(72)66-45(33(10)11)55(78)69-44(32(8)9)54(77)64-42(52(75)68-47(35(14)15)57(80)71-48)27-37-28-61-39-23-21-20-22-38(37)39/h20-23,28-36,40-48,61H,18-19,24-27,60H2,1-17H3,(H,62,73)(H,63,76)(H,64,77)(H,65,81)(H,66,72)(H,67,74)(H,68,75)(H,69,78)(H,70,79)(H,71,80). The van der Waals surface area contributed by atoms with Gasteiger partial charge in [0.15, 0.2) is 0 Å². The summed E-state index contributed by atoms with van der Waals surface area (Å²) in [7, 11) is 0. The predicted octanol–water partition coefficient (Wildman–Crippen LogP) is 2.87. The fourth-order valence-corrected chi connectivity index (χ4v) is 9.70. The van der Waals surface area contributed by atoms with Gasteiger partial charge in [-0.2, -0.15) is 0 Å². The van der Waals surface area contributed by atoms with Gasteiger partial charge < -0.3 is 63.9 Å². The van der Waals surface area contributed by atoms with E-state index in [2.05, 4.69) is 58.2 Å². The van der Waals surface area contributed by atoms with Crippen LogP contribution in [-0.4, -0.2) is 130 Å². The molecule has 1 aromatic carbocycles. The van der Waals surface area contributed by atoms with Crippen molar-refractivity contribution in [2.75, 3.05) is 0 Å². The number of hydrogen-bond acceptors (Lipinski definition) is 11. The number of benzene rings is 1. The van der Waals surface area contributed by atoms with Crippen LogP contribution < -0.4 is 58.9 Å². The topological polar surface area (TPSA) is 333 Å². The van der Waals surface area contributed by atoms with E-state index in [9.17, 15) is 47.9 Å². The van der Waals surface area contributed by atoms with Crippen LogP contribution in [0.25, 0.3) is 10.9 Å². The van der Waals surface area contributed by atoms with Crippen LogP contribution >= 0.6 is 0 Å². The van der Waals surface area contributed by atoms with Crippen molar-refractivity contribution in [1.29, 1.82) is 0 Å². The molecule has 11 atom stereocenters. The Morgan fingerprint density at radius 2 is 0.815 bits per heavy atom. The lowest BCUT2D eigenvalue weighted by atomic mass is 9.86. The minimum atomic E-state index is -1.46. The van der Waals surface area contributed by atoms with Crippen molar-refractivity contribution in [2.24, 2.45) is 47.2 Å². The van der Waals surface area contributed by atoms with Gasteiger partial charge in [0.25, 0.3) is 0 Å². The zero-order chi connectivity index (χ0) is 61.4. The minimum Gasteiger partial charge on any atom is -0.361 e. The summed E-state index contributed by atoms with van der Waals surface area (Å²) in [6, 6.07) is -5.27. The number of aromatic nitrogens is 1. The molecule has 2 aromatic rings. The Morgan fingerprint density at radius 3 is 1.25 bits per heavy atom. The first-order chi connectivity index (χ1) is 37.7. The highest BCUT2D eigenvalue weighted by molar-refractivity contribution is 6.00. The highest BCUT2D eigenvalue weighted by Gasteiger charge is 2.42. The fraction of sp³-hybridized carbons (Fsp3) is 0.695. The smallest absolute Gasteiger partial charge is 0.245 e. The number of fused-ring (bicyclic) bond motifs is 1. The minimum absolute atomic E-state index is 0.0668. The van der Waals surface area contributed by atoms with E-state index in [1.165, 1.54) is 6.92 Å². The van der Waals surface area contributed by atoms with Crippen LogP contribution in [0.5, 0.6) is 0 Å². The summed E-state index contributed by atoms with van der Waals surface area (Å²) in [4.78, 5) is 147. The van der Waals surface area contributed by atoms with Crippen LogP contribution in [-0.2, 0) is 54.4 Å². The van der Waals surface area contributed by atoms with E-state index in [0.29, 0.717) is 18.4 Å². The van der Waals surface area contributed by atoms with E-state index in [1.54, 1.807) is 82.4 Å². The molecule has 0 bridgehead atoms. The molecule has 0 aliphatic carbocycles. The molecule has 22 nitrogen and oxygen atoms in total. The molecule has 1 aliphatic rings. The van der Waals surface area contributed by atoms with Crippen LogP contribution in [0.15, 0.2) is 30.5 Å². The lowest BCUT2D eigenvalue weighted by molar-refractivity contribution is -0.138. The van der Waals surface area contributed by atoms with Crippen molar-refractivity contribution in [1.82, 2.24) is 58.2 Å². The fourth-order valence-electron chi connectivity index (χ4n) is 9.70. The molecule has 1 saturated heterocycles. The first-order valence-electron chi connectivity index (χ1n) is 29.1. The van der Waals surface area contributed by atoms with Crippen molar-refractivity contribution >= 4 is 70.0 Å². The average Bonchev–Trinajstić information content (AvgIpc) is 3.78. The quantitative estimate of drug-likeness (QED) is 0.123. The predicted molar refractivity (Wildman–Crippen MR) is 312 cm³/mol. The van der Waals surface area contributed by atoms with E-state index in [-0.39, 0.29) is 37.5 Å². The molecule has 1 aliphatic heterocycles. The SMILES string of the molecule is CCCCC(C)(N)C1NC(=O)C(C(C)C)NC(=O)C(Cc2c[nH]c3ccccc23)NC(=O)C(C(C)C)NC(=O)C(C(C)C)NC(=O)C(C)NC(=O)C(CC(C)C)NC(=O)C(C(C)C)NC(=O)C(C(C)C)NC(=O)C(CC(C)C)NC1=O. The average molecular weight is 1140 g/mol. The largest absolute Gasteiger partial charge is 0.361 e. The van der Waals surface area contributed by atoms with E-state index >= 15 is 0 Å². The number of nitrogens with two attached hydrogens (primary N) is 1. The van der Waals surface area contributed by atoms with E-state index in [0.717, 1.165) is 10.9 Å². The van der Waals surface area contributed by atoms with Crippen molar-refractivity contribution in [3.63, 3.8) is 0 Å². The van der Waals surface area contributed by atoms with Crippen LogP contribution in [0.4, 0.5) is 0 Å². The van der Waals surface area contributed by atoms with Crippen LogP contribution in [0.3, 0.4) is 0 Å². The van der Waals surface area contributed by atoms with Crippen LogP contribution in [0, 0.1) is 41.4 Å². The number of amides is 10. The summed E-state index contributed by atoms with van der Waals surface area (Å²) in [5, 5.41) is 28.6. The van der Waals surface area contributed by atoms with Gasteiger partial charge in [-0.05, 0) is 86.2 Å². The third kappa shape index (κ3) is 20.1. The van der Waals surface area contributed by atoms with E-state index in [1.807, 2.05) is 58.9 Å². The second-order valence-corrected chi connectivity index (χ2v) is 24.9. The molecule has 454 valence electrons. The van der Waals surface area contributed by atoms with Crippen molar-refractivity contribution in [3.05, 3.63) is 36.0 Å². The highest BCUT2D eigenvalue weighted by Crippen LogP contribution is 2.22. The summed E-state index contributed by atoms with van der Waals surface area (Å²) in [6.07, 6.45) is 3.42. The van der Waals surface area contributed by atoms with Gasteiger partial charge in [0, 0.05) is 29.1 Å². The number of hydrogen-bond donors (Lipinski definition) is 12. The van der Waals surface area contributed by atoms with Gasteiger partial charge in [-0.3, -0.25) is 47.9 Å². The Morgan fingerprint density at radius 1 is 0.457 bits per heavy atom. The normalized spacial score (nSPS) is 26.3. The molecule has 0 spiro atoms. The van der Waals surface area contributed by atoms with Crippen LogP contribution in [0.2, 0.25) is 0 Å². The van der Waals surface area contributed by atoms with Crippen molar-refractivity contribution < 1.29 is 47.9 Å². The molecule has 10 amide bonds. The first kappa shape index (κ1) is 68.7. The van der Waals surface area contributed by atoms with Gasteiger partial charge in [0.1, 0.15) is 60.4 Å². The number of carbonyl (C=O) groups excluding carboxylic acids is 10. The third-order valence-corrected chi connectivity index (χ3v) is 14.7. The summed E-state index contributed by atoms with van der Waals surface area (Å²) in [5.41, 5.74) is 6.98. The number of unbranched alkanes of at least 4 members (excludes halogenated alkanes) is 1. The molecule has 81 heavy (non-hydrogen) atoms. The maximum Gasteiger partial charge on any atom is 0.245 e. The van der Waals surface area contributed by atoms with Crippen molar-refractivity contribution in [2.45, 2.75) is 222 Å². The lowest BCUT2D eigenvalue weighted by Crippen LogP contribution is -2.67. The molecule has 1 aromatic heterocycles. The number of rotatable bonds is 15. The number of carbonyl (C=O) groups is 10. The third-order valence-electron chi connectivity index (χ3n) is 14.7. The lowest BCUT2D eigenvalue weighted by Gasteiger charge is -2.36. The zero-order valence-corrected chi connectivity index (χ0v) is 51.1. The van der Waals surface area contributed by atoms with Gasteiger partial charge >= 0.3 is 0 Å². The van der Waals surface area contributed by atoms with Crippen LogP contribution in [0.1, 0.15) is 155 Å². The summed E-state index contributed by atoms with van der Waals surface area (Å²) < 4.78 is 0. The molecule has 0 saturated carbocycles. The Kier molecular flexibility index (Phi) is 26.3. The van der Waals surface area contributed by atoms with Gasteiger partial charge in [0.2, 0.25) is 59.1 Å². The highest BCUT2D eigenvalue weighted by atomic mass is 16.2. The monoisotopic (exact) mass is 1130 g/mol. The van der Waals surface area contributed by atoms with E-state index < -0.39 is 155 Å². The Labute approximate surface area is 479 Å². The Bertz CT molecular complexity index is 2500. The second-order valence-electron chi connectivity index (χ2n) is 24.9. The number of H-pyrrole nitrogens is 1. The summed E-state index contributed by atoms with van der Waals surface area (Å²) in [5.74, 6) is -10.4. The van der Waals surface area contributed by atoms with Gasteiger partial charge in [-0.25, -0.2) is 0 Å². The Balaban J connectivity index is 2.26. The van der Waals surface area contributed by atoms with Gasteiger partial charge in [0.05, 0.1) is 0 Å². The molecular formula is C59H98N12O10. The summed E-state index contributed by atoms with van der Waals surface area (Å²) in [6.45, 7) is 29.4. The second kappa shape index (κ2) is 31.0. The van der Waals surface area contributed by atoms with Gasteiger partial charge in [-0.1, -0.05) is 135 Å². The molecule has 22 heteroatoms. The molecule has 13 N–H and O–H groups in total. The number of nitrogens with one attached hydrogen (secondary N) is 11. The molecule has 2 heterocycles. The summed E-state index contributed by atoms with van der Waals surface area (Å²) >= 11 is 0. The molecular weight excluding hydrogens is 1040 g/mol. The van der Waals surface area contributed by atoms with E-state index in [4.69, 9.17) is 5.73 Å². The zero-order valence-electron chi connectivity index (χ0n) is 51.1. The maximum atomic E-state index is 14.8. The molecule has 3 rings (SSSR count). The Hall–Kier alpha value is -6.58.